The minimum Gasteiger partial charge on any atom is -0.378 e. The van der Waals surface area contributed by atoms with Gasteiger partial charge in [0, 0.05) is 20.2 Å². The Bertz CT molecular complexity index is 466. The van der Waals surface area contributed by atoms with Crippen LogP contribution in [-0.2, 0) is 18.2 Å². The Labute approximate surface area is 118 Å². The number of aryl methyl sites for hydroxylation is 2. The van der Waals surface area contributed by atoms with Gasteiger partial charge in [-0.05, 0) is 25.7 Å². The predicted octanol–water partition coefficient (Wildman–Crippen LogP) is 2.26. The van der Waals surface area contributed by atoms with Gasteiger partial charge in [0.2, 0.25) is 5.82 Å². The molecule has 1 aliphatic heterocycles. The maximum absolute atomic E-state index is 11.2. The summed E-state index contributed by atoms with van der Waals surface area (Å²) in [6.45, 7) is 3.48. The molecule has 112 valence electrons. The van der Waals surface area contributed by atoms with Gasteiger partial charge in [0.1, 0.15) is 5.69 Å². The van der Waals surface area contributed by atoms with Crippen molar-refractivity contribution in [2.45, 2.75) is 45.1 Å². The number of anilines is 1. The van der Waals surface area contributed by atoms with Crippen LogP contribution in [0.1, 0.15) is 38.3 Å². The minimum atomic E-state index is -0.341. The summed E-state index contributed by atoms with van der Waals surface area (Å²) in [4.78, 5) is 10.9. The molecule has 7 heteroatoms. The first-order valence-corrected chi connectivity index (χ1v) is 7.19. The number of rotatable bonds is 7. The molecule has 0 saturated carbocycles. The summed E-state index contributed by atoms with van der Waals surface area (Å²) >= 11 is 0. The fraction of sp³-hybridized carbons (Fsp3) is 0.769. The second kappa shape index (κ2) is 6.69. The van der Waals surface area contributed by atoms with Crippen molar-refractivity contribution in [1.29, 1.82) is 0 Å². The number of nitrogens with zero attached hydrogens (tertiary/aromatic N) is 3. The van der Waals surface area contributed by atoms with Crippen LogP contribution in [0.4, 0.5) is 11.5 Å². The molecule has 1 unspecified atom stereocenters. The molecule has 0 bridgehead atoms. The van der Waals surface area contributed by atoms with E-state index in [1.807, 2.05) is 6.92 Å². The lowest BCUT2D eigenvalue weighted by Gasteiger charge is -2.10. The Morgan fingerprint density at radius 1 is 1.60 bits per heavy atom. The van der Waals surface area contributed by atoms with E-state index >= 15 is 0 Å². The Morgan fingerprint density at radius 3 is 3.00 bits per heavy atom. The van der Waals surface area contributed by atoms with Gasteiger partial charge in [-0.25, -0.2) is 4.68 Å². The van der Waals surface area contributed by atoms with Crippen molar-refractivity contribution in [2.75, 3.05) is 18.5 Å². The summed E-state index contributed by atoms with van der Waals surface area (Å²) in [6.07, 6.45) is 4.80. The fourth-order valence-corrected chi connectivity index (χ4v) is 2.59. The molecule has 7 nitrogen and oxygen atoms in total. The van der Waals surface area contributed by atoms with Gasteiger partial charge in [-0.2, -0.15) is 5.10 Å². The van der Waals surface area contributed by atoms with Crippen LogP contribution >= 0.6 is 0 Å². The first-order valence-electron chi connectivity index (χ1n) is 7.19. The average Bonchev–Trinajstić information content (AvgIpc) is 2.99. The highest BCUT2D eigenvalue weighted by atomic mass is 16.6. The van der Waals surface area contributed by atoms with Gasteiger partial charge >= 0.3 is 5.69 Å². The first-order chi connectivity index (χ1) is 9.63. The van der Waals surface area contributed by atoms with Crippen LogP contribution in [0.3, 0.4) is 0 Å². The molecule has 1 aromatic rings. The number of nitro groups is 1. The van der Waals surface area contributed by atoms with E-state index in [9.17, 15) is 10.1 Å². The number of nitrogens with one attached hydrogen (secondary N) is 1. The highest BCUT2D eigenvalue weighted by molar-refractivity contribution is 5.59. The molecular weight excluding hydrogens is 260 g/mol. The molecule has 1 aromatic heterocycles. The molecule has 0 spiro atoms. The van der Waals surface area contributed by atoms with E-state index in [0.29, 0.717) is 24.5 Å². The van der Waals surface area contributed by atoms with Crippen molar-refractivity contribution in [3.63, 3.8) is 0 Å². The molecule has 0 aliphatic carbocycles. The van der Waals surface area contributed by atoms with Crippen molar-refractivity contribution in [3.05, 3.63) is 15.8 Å². The van der Waals surface area contributed by atoms with E-state index in [0.717, 1.165) is 32.3 Å². The van der Waals surface area contributed by atoms with Crippen LogP contribution in [0.15, 0.2) is 0 Å². The van der Waals surface area contributed by atoms with E-state index in [4.69, 9.17) is 4.74 Å². The number of hydrogen-bond acceptors (Lipinski definition) is 5. The van der Waals surface area contributed by atoms with Crippen LogP contribution in [0, 0.1) is 10.1 Å². The smallest absolute Gasteiger partial charge is 0.333 e. The lowest BCUT2D eigenvalue weighted by atomic mass is 10.2. The van der Waals surface area contributed by atoms with Crippen molar-refractivity contribution in [3.8, 4) is 0 Å². The topological polar surface area (TPSA) is 82.2 Å². The zero-order valence-electron chi connectivity index (χ0n) is 12.1. The Kier molecular flexibility index (Phi) is 4.94. The fourth-order valence-electron chi connectivity index (χ4n) is 2.59. The minimum absolute atomic E-state index is 0.113. The third kappa shape index (κ3) is 3.27. The lowest BCUT2D eigenvalue weighted by Crippen LogP contribution is -2.14. The summed E-state index contributed by atoms with van der Waals surface area (Å²) in [5.74, 6) is 0.497. The van der Waals surface area contributed by atoms with E-state index in [-0.39, 0.29) is 16.7 Å². The molecule has 0 radical (unpaired) electrons. The molecular formula is C13H22N4O3. The van der Waals surface area contributed by atoms with Gasteiger partial charge in [-0.1, -0.05) is 13.3 Å². The first kappa shape index (κ1) is 14.8. The van der Waals surface area contributed by atoms with Crippen molar-refractivity contribution >= 4 is 11.5 Å². The summed E-state index contributed by atoms with van der Waals surface area (Å²) in [5, 5.41) is 18.6. The van der Waals surface area contributed by atoms with Crippen LogP contribution in [0.25, 0.3) is 0 Å². The van der Waals surface area contributed by atoms with Crippen LogP contribution in [-0.4, -0.2) is 34.0 Å². The zero-order valence-corrected chi connectivity index (χ0v) is 12.1. The summed E-state index contributed by atoms with van der Waals surface area (Å²) < 4.78 is 7.11. The van der Waals surface area contributed by atoms with E-state index in [1.165, 1.54) is 0 Å². The number of hydrogen-bond donors (Lipinski definition) is 1. The SMILES string of the molecule is CCCc1nn(C)c(NCCC2CCCO2)c1[N+](=O)[O-]. The standard InChI is InChI=1S/C13H22N4O3/c1-3-5-11-12(17(18)19)13(16(2)15-11)14-8-7-10-6-4-9-20-10/h10,14H,3-9H2,1-2H3. The van der Waals surface area contributed by atoms with Crippen molar-refractivity contribution < 1.29 is 9.66 Å². The molecule has 1 fully saturated rings. The summed E-state index contributed by atoms with van der Waals surface area (Å²) in [6, 6.07) is 0. The predicted molar refractivity (Wildman–Crippen MR) is 75.9 cm³/mol. The quantitative estimate of drug-likeness (QED) is 0.612. The maximum atomic E-state index is 11.2. The zero-order chi connectivity index (χ0) is 14.5. The molecule has 1 aliphatic rings. The largest absolute Gasteiger partial charge is 0.378 e. The Hall–Kier alpha value is -1.63. The van der Waals surface area contributed by atoms with E-state index in [1.54, 1.807) is 11.7 Å². The number of ether oxygens (including phenoxy) is 1. The van der Waals surface area contributed by atoms with Crippen LogP contribution in [0.5, 0.6) is 0 Å². The second-order valence-corrected chi connectivity index (χ2v) is 5.13. The molecule has 1 atom stereocenters. The number of aromatic nitrogens is 2. The van der Waals surface area contributed by atoms with Gasteiger partial charge < -0.3 is 10.1 Å². The highest BCUT2D eigenvalue weighted by Crippen LogP contribution is 2.29. The lowest BCUT2D eigenvalue weighted by molar-refractivity contribution is -0.384. The average molecular weight is 282 g/mol. The van der Waals surface area contributed by atoms with Gasteiger partial charge in [-0.3, -0.25) is 10.1 Å². The Balaban J connectivity index is 2.03. The third-order valence-electron chi connectivity index (χ3n) is 3.54. The molecule has 2 heterocycles. The van der Waals surface area contributed by atoms with Gasteiger partial charge in [0.05, 0.1) is 11.0 Å². The Morgan fingerprint density at radius 2 is 2.40 bits per heavy atom. The molecule has 0 aromatic carbocycles. The van der Waals surface area contributed by atoms with E-state index < -0.39 is 0 Å². The third-order valence-corrected chi connectivity index (χ3v) is 3.54. The molecule has 1 N–H and O–H groups in total. The van der Waals surface area contributed by atoms with Crippen LogP contribution in [0.2, 0.25) is 0 Å². The summed E-state index contributed by atoms with van der Waals surface area (Å²) in [5.41, 5.74) is 0.668. The molecule has 2 rings (SSSR count). The van der Waals surface area contributed by atoms with Crippen molar-refractivity contribution in [1.82, 2.24) is 9.78 Å². The molecule has 0 amide bonds. The normalized spacial score (nSPS) is 18.4. The maximum Gasteiger partial charge on any atom is 0.333 e. The van der Waals surface area contributed by atoms with Gasteiger partial charge in [0.25, 0.3) is 0 Å². The summed E-state index contributed by atoms with van der Waals surface area (Å²) in [7, 11) is 1.74. The second-order valence-electron chi connectivity index (χ2n) is 5.13. The van der Waals surface area contributed by atoms with E-state index in [2.05, 4.69) is 10.4 Å². The van der Waals surface area contributed by atoms with Gasteiger partial charge in [-0.15, -0.1) is 0 Å². The van der Waals surface area contributed by atoms with Crippen molar-refractivity contribution in [2.24, 2.45) is 7.05 Å². The molecule has 1 saturated heterocycles. The highest BCUT2D eigenvalue weighted by Gasteiger charge is 2.26. The van der Waals surface area contributed by atoms with Gasteiger partial charge in [0.15, 0.2) is 0 Å². The van der Waals surface area contributed by atoms with Crippen LogP contribution < -0.4 is 5.32 Å². The monoisotopic (exact) mass is 282 g/mol. The molecule has 20 heavy (non-hydrogen) atoms.